The summed E-state index contributed by atoms with van der Waals surface area (Å²) in [5, 5.41) is 9.83. The highest BCUT2D eigenvalue weighted by atomic mass is 16.9. The Bertz CT molecular complexity index is 690. The second kappa shape index (κ2) is 11.1. The van der Waals surface area contributed by atoms with E-state index in [0.717, 1.165) is 0 Å². The first-order chi connectivity index (χ1) is 13.4. The van der Waals surface area contributed by atoms with Crippen LogP contribution in [0.2, 0.25) is 0 Å². The van der Waals surface area contributed by atoms with Crippen LogP contribution in [-0.2, 0) is 14.4 Å². The molecule has 0 spiro atoms. The van der Waals surface area contributed by atoms with Crippen LogP contribution in [0.1, 0.15) is 36.8 Å². The number of ether oxygens (including phenoxy) is 5. The predicted octanol–water partition coefficient (Wildman–Crippen LogP) is 2.66. The predicted molar refractivity (Wildman–Crippen MR) is 98.9 cm³/mol. The summed E-state index contributed by atoms with van der Waals surface area (Å²) in [5.41, 5.74) is 1.06. The third kappa shape index (κ3) is 5.30. The molecular formula is C18H27NO9. The van der Waals surface area contributed by atoms with Crippen LogP contribution < -0.4 is 18.9 Å². The first-order valence-electron chi connectivity index (χ1n) is 8.65. The molecule has 0 heterocycles. The van der Waals surface area contributed by atoms with Gasteiger partial charge in [-0.3, -0.25) is 4.79 Å². The molecule has 0 saturated heterocycles. The van der Waals surface area contributed by atoms with Crippen LogP contribution in [0.4, 0.5) is 0 Å². The monoisotopic (exact) mass is 401 g/mol. The summed E-state index contributed by atoms with van der Waals surface area (Å²) in [6.07, 6.45) is 0.512. The van der Waals surface area contributed by atoms with Gasteiger partial charge in [-0.25, -0.2) is 0 Å². The second-order valence-corrected chi connectivity index (χ2v) is 5.81. The molecule has 0 aromatic heterocycles. The van der Waals surface area contributed by atoms with Gasteiger partial charge >= 0.3 is 5.97 Å². The number of hydrogen-bond acceptors (Lipinski definition) is 9. The summed E-state index contributed by atoms with van der Waals surface area (Å²) >= 11 is 0. The van der Waals surface area contributed by atoms with Crippen molar-refractivity contribution in [3.05, 3.63) is 21.2 Å². The van der Waals surface area contributed by atoms with Crippen molar-refractivity contribution in [2.24, 2.45) is 0 Å². The van der Waals surface area contributed by atoms with Crippen LogP contribution in [0, 0.1) is 17.0 Å². The van der Waals surface area contributed by atoms with Crippen LogP contribution >= 0.6 is 0 Å². The van der Waals surface area contributed by atoms with Gasteiger partial charge in [-0.15, -0.1) is 10.1 Å². The fraction of sp³-hybridized carbons (Fsp3) is 0.611. The molecule has 0 amide bonds. The van der Waals surface area contributed by atoms with Gasteiger partial charge in [0.2, 0.25) is 11.5 Å². The Labute approximate surface area is 163 Å². The molecule has 0 aliphatic carbocycles. The molecule has 1 rings (SSSR count). The molecule has 1 atom stereocenters. The number of esters is 1. The summed E-state index contributed by atoms with van der Waals surface area (Å²) < 4.78 is 26.9. The first kappa shape index (κ1) is 23.1. The van der Waals surface area contributed by atoms with Gasteiger partial charge in [0.1, 0.15) is 6.61 Å². The molecule has 0 fully saturated rings. The lowest BCUT2D eigenvalue weighted by Gasteiger charge is -2.25. The zero-order valence-corrected chi connectivity index (χ0v) is 17.0. The lowest BCUT2D eigenvalue weighted by Crippen LogP contribution is -2.19. The molecule has 1 aromatic carbocycles. The summed E-state index contributed by atoms with van der Waals surface area (Å²) in [6, 6.07) is 0. The Morgan fingerprint density at radius 1 is 1.00 bits per heavy atom. The van der Waals surface area contributed by atoms with Gasteiger partial charge in [0.05, 0.1) is 41.5 Å². The van der Waals surface area contributed by atoms with E-state index in [1.54, 1.807) is 6.92 Å². The smallest absolute Gasteiger partial charge is 0.306 e. The van der Waals surface area contributed by atoms with Gasteiger partial charge in [0.25, 0.3) is 5.09 Å². The van der Waals surface area contributed by atoms with Gasteiger partial charge in [-0.2, -0.15) is 0 Å². The van der Waals surface area contributed by atoms with Gasteiger partial charge < -0.3 is 28.5 Å². The summed E-state index contributed by atoms with van der Waals surface area (Å²) in [5.74, 6) is -0.0467. The number of rotatable bonds is 12. The molecule has 0 saturated carbocycles. The second-order valence-electron chi connectivity index (χ2n) is 5.81. The van der Waals surface area contributed by atoms with Gasteiger partial charge in [0, 0.05) is 17.0 Å². The van der Waals surface area contributed by atoms with Crippen LogP contribution in [0.5, 0.6) is 23.0 Å². The maximum absolute atomic E-state index is 12.2. The number of carbonyl (C=O) groups excluding carboxylic acids is 1. The van der Waals surface area contributed by atoms with E-state index in [-0.39, 0.29) is 31.1 Å². The fourth-order valence-corrected chi connectivity index (χ4v) is 2.97. The van der Waals surface area contributed by atoms with E-state index in [9.17, 15) is 14.9 Å². The van der Waals surface area contributed by atoms with Crippen molar-refractivity contribution < 1.29 is 38.4 Å². The van der Waals surface area contributed by atoms with Gasteiger partial charge in [-0.05, 0) is 13.3 Å². The maximum atomic E-state index is 12.2. The Morgan fingerprint density at radius 2 is 1.54 bits per heavy atom. The number of nitrogens with zero attached hydrogens (tertiary/aromatic N) is 1. The fourth-order valence-electron chi connectivity index (χ4n) is 2.97. The van der Waals surface area contributed by atoms with Crippen LogP contribution in [0.25, 0.3) is 0 Å². The summed E-state index contributed by atoms with van der Waals surface area (Å²) in [7, 11) is 5.76. The van der Waals surface area contributed by atoms with Crippen molar-refractivity contribution in [1.29, 1.82) is 0 Å². The Kier molecular flexibility index (Phi) is 9.13. The number of carbonyl (C=O) groups is 1. The van der Waals surface area contributed by atoms with Crippen LogP contribution in [0.3, 0.4) is 0 Å². The largest absolute Gasteiger partial charge is 0.492 e. The lowest BCUT2D eigenvalue weighted by atomic mass is 9.90. The Balaban J connectivity index is 3.55. The van der Waals surface area contributed by atoms with E-state index in [0.29, 0.717) is 29.0 Å². The molecule has 0 radical (unpaired) electrons. The summed E-state index contributed by atoms with van der Waals surface area (Å²) in [4.78, 5) is 27.5. The van der Waals surface area contributed by atoms with E-state index >= 15 is 0 Å². The standard InChI is InChI=1S/C18H27NO9/c1-7-8-27-13(20)9-12(10-28-19(21)22)14-11(2)15(23-3)17(25-5)18(26-6)16(14)24-4/h12H,7-10H2,1-6H3. The SMILES string of the molecule is CCCOC(=O)CC(CO[N+](=O)[O-])c1c(C)c(OC)c(OC)c(OC)c1OC. The van der Waals surface area contributed by atoms with E-state index in [1.165, 1.54) is 28.4 Å². The van der Waals surface area contributed by atoms with Crippen LogP contribution in [0.15, 0.2) is 0 Å². The third-order valence-corrected chi connectivity index (χ3v) is 4.09. The van der Waals surface area contributed by atoms with Gasteiger partial charge in [0.15, 0.2) is 11.5 Å². The minimum atomic E-state index is -0.913. The molecule has 0 N–H and O–H groups in total. The molecule has 1 unspecified atom stereocenters. The topological polar surface area (TPSA) is 116 Å². The molecule has 0 aliphatic rings. The number of methoxy groups -OCH3 is 4. The maximum Gasteiger partial charge on any atom is 0.306 e. The highest BCUT2D eigenvalue weighted by Gasteiger charge is 2.31. The van der Waals surface area contributed by atoms with E-state index in [1.807, 2.05) is 6.92 Å². The molecule has 158 valence electrons. The molecule has 0 bridgehead atoms. The van der Waals surface area contributed by atoms with Crippen molar-refractivity contribution in [2.45, 2.75) is 32.6 Å². The lowest BCUT2D eigenvalue weighted by molar-refractivity contribution is -0.758. The average molecular weight is 401 g/mol. The molecule has 0 aliphatic heterocycles. The van der Waals surface area contributed by atoms with E-state index in [4.69, 9.17) is 23.7 Å². The third-order valence-electron chi connectivity index (χ3n) is 4.09. The zero-order valence-electron chi connectivity index (χ0n) is 17.0. The molecule has 10 nitrogen and oxygen atoms in total. The number of hydrogen-bond donors (Lipinski definition) is 0. The Morgan fingerprint density at radius 3 is 2.00 bits per heavy atom. The number of benzene rings is 1. The molecule has 1 aromatic rings. The van der Waals surface area contributed by atoms with Crippen molar-refractivity contribution in [1.82, 2.24) is 0 Å². The minimum absolute atomic E-state index is 0.149. The normalized spacial score (nSPS) is 11.4. The first-order valence-corrected chi connectivity index (χ1v) is 8.65. The van der Waals surface area contributed by atoms with Crippen molar-refractivity contribution in [2.75, 3.05) is 41.7 Å². The zero-order chi connectivity index (χ0) is 21.3. The molecular weight excluding hydrogens is 374 g/mol. The summed E-state index contributed by atoms with van der Waals surface area (Å²) in [6.45, 7) is 3.49. The Hall–Kier alpha value is -2.91. The highest BCUT2D eigenvalue weighted by molar-refractivity contribution is 5.73. The van der Waals surface area contributed by atoms with Crippen molar-refractivity contribution >= 4 is 5.97 Å². The van der Waals surface area contributed by atoms with E-state index in [2.05, 4.69) is 4.84 Å². The molecule has 10 heteroatoms. The molecule has 28 heavy (non-hydrogen) atoms. The van der Waals surface area contributed by atoms with Crippen molar-refractivity contribution in [3.63, 3.8) is 0 Å². The van der Waals surface area contributed by atoms with Gasteiger partial charge in [-0.1, -0.05) is 6.92 Å². The highest BCUT2D eigenvalue weighted by Crippen LogP contribution is 2.51. The van der Waals surface area contributed by atoms with Crippen molar-refractivity contribution in [3.8, 4) is 23.0 Å². The average Bonchev–Trinajstić information content (AvgIpc) is 2.68. The van der Waals surface area contributed by atoms with Crippen LogP contribution in [-0.4, -0.2) is 52.7 Å². The quantitative estimate of drug-likeness (QED) is 0.296. The minimum Gasteiger partial charge on any atom is -0.492 e. The van der Waals surface area contributed by atoms with E-state index < -0.39 is 17.0 Å².